The van der Waals surface area contributed by atoms with E-state index in [4.69, 9.17) is 0 Å². The Kier molecular flexibility index (Phi) is 4.26. The van der Waals surface area contributed by atoms with Gasteiger partial charge >= 0.3 is 0 Å². The zero-order valence-electron chi connectivity index (χ0n) is 9.30. The highest BCUT2D eigenvalue weighted by molar-refractivity contribution is 7.99. The maximum atomic E-state index is 12.1. The zero-order valence-corrected chi connectivity index (χ0v) is 10.1. The summed E-state index contributed by atoms with van der Waals surface area (Å²) in [5.41, 5.74) is -0.406. The summed E-state index contributed by atoms with van der Waals surface area (Å²) in [7, 11) is 0. The molecule has 0 bridgehead atoms. The van der Waals surface area contributed by atoms with E-state index < -0.39 is 5.54 Å². The minimum absolute atomic E-state index is 0.236. The second-order valence-electron chi connectivity index (χ2n) is 4.06. The summed E-state index contributed by atoms with van der Waals surface area (Å²) >= 11 is 1.93. The van der Waals surface area contributed by atoms with Gasteiger partial charge < -0.3 is 10.2 Å². The van der Waals surface area contributed by atoms with E-state index in [1.165, 1.54) is 0 Å². The van der Waals surface area contributed by atoms with E-state index in [0.717, 1.165) is 31.1 Å². The smallest absolute Gasteiger partial charge is 0.242 e. The largest absolute Gasteiger partial charge is 0.339 e. The number of carbonyl (C=O) groups excluding carboxylic acids is 1. The van der Waals surface area contributed by atoms with Crippen molar-refractivity contribution in [1.82, 2.24) is 10.2 Å². The minimum atomic E-state index is -0.406. The molecule has 0 aromatic rings. The summed E-state index contributed by atoms with van der Waals surface area (Å²) in [6.45, 7) is 8.58. The second kappa shape index (κ2) is 5.03. The molecule has 1 amide bonds. The van der Waals surface area contributed by atoms with E-state index in [2.05, 4.69) is 5.32 Å². The van der Waals surface area contributed by atoms with Crippen molar-refractivity contribution in [1.29, 1.82) is 0 Å². The van der Waals surface area contributed by atoms with Crippen LogP contribution in [0.1, 0.15) is 20.8 Å². The van der Waals surface area contributed by atoms with Gasteiger partial charge in [0.1, 0.15) is 0 Å². The van der Waals surface area contributed by atoms with Crippen molar-refractivity contribution in [2.75, 3.05) is 31.1 Å². The Morgan fingerprint density at radius 1 is 1.43 bits per heavy atom. The Balaban J connectivity index is 2.53. The maximum absolute atomic E-state index is 12.1. The van der Waals surface area contributed by atoms with Gasteiger partial charge in [0, 0.05) is 24.6 Å². The molecule has 0 saturated carbocycles. The molecule has 1 heterocycles. The molecular formula is C10H20N2OS. The third kappa shape index (κ3) is 2.89. The molecule has 82 valence electrons. The van der Waals surface area contributed by atoms with Gasteiger partial charge in [-0.05, 0) is 20.4 Å². The molecule has 1 fully saturated rings. The quantitative estimate of drug-likeness (QED) is 0.762. The Labute approximate surface area is 90.6 Å². The standard InChI is InChI=1S/C10H20N2OS/c1-4-11-10(2,3)9(13)12-5-7-14-8-6-12/h11H,4-8H2,1-3H3. The molecule has 1 N–H and O–H groups in total. The molecule has 4 heteroatoms. The molecule has 1 aliphatic rings. The molecule has 0 aromatic carbocycles. The molecule has 0 unspecified atom stereocenters. The van der Waals surface area contributed by atoms with Crippen molar-refractivity contribution in [3.63, 3.8) is 0 Å². The number of hydrogen-bond acceptors (Lipinski definition) is 3. The Hall–Kier alpha value is -0.220. The molecule has 3 nitrogen and oxygen atoms in total. The van der Waals surface area contributed by atoms with E-state index in [9.17, 15) is 4.79 Å². The van der Waals surface area contributed by atoms with Crippen LogP contribution in [0.3, 0.4) is 0 Å². The van der Waals surface area contributed by atoms with Crippen LogP contribution in [0.4, 0.5) is 0 Å². The molecule has 0 atom stereocenters. The molecule has 0 aromatic heterocycles. The van der Waals surface area contributed by atoms with E-state index in [-0.39, 0.29) is 5.91 Å². The summed E-state index contributed by atoms with van der Waals surface area (Å²) in [5.74, 6) is 2.39. The molecule has 0 spiro atoms. The first-order chi connectivity index (χ1) is 6.58. The number of thioether (sulfide) groups is 1. The first kappa shape index (κ1) is 11.9. The fourth-order valence-corrected chi connectivity index (χ4v) is 2.58. The van der Waals surface area contributed by atoms with E-state index in [0.29, 0.717) is 0 Å². The van der Waals surface area contributed by atoms with Gasteiger partial charge in [0.05, 0.1) is 5.54 Å². The summed E-state index contributed by atoms with van der Waals surface area (Å²) in [5, 5.41) is 3.22. The molecule has 1 aliphatic heterocycles. The van der Waals surface area contributed by atoms with Gasteiger partial charge in [0.2, 0.25) is 5.91 Å². The SMILES string of the molecule is CCNC(C)(C)C(=O)N1CCSCC1. The Morgan fingerprint density at radius 2 is 2.00 bits per heavy atom. The highest BCUT2D eigenvalue weighted by atomic mass is 32.2. The minimum Gasteiger partial charge on any atom is -0.339 e. The van der Waals surface area contributed by atoms with Crippen LogP contribution < -0.4 is 5.32 Å². The van der Waals surface area contributed by atoms with Gasteiger partial charge in [-0.15, -0.1) is 0 Å². The Bertz CT molecular complexity index is 200. The van der Waals surface area contributed by atoms with Crippen LogP contribution in [0.2, 0.25) is 0 Å². The summed E-state index contributed by atoms with van der Waals surface area (Å²) < 4.78 is 0. The maximum Gasteiger partial charge on any atom is 0.242 e. The predicted molar refractivity (Wildman–Crippen MR) is 61.7 cm³/mol. The first-order valence-corrected chi connectivity index (χ1v) is 6.35. The lowest BCUT2D eigenvalue weighted by atomic mass is 10.0. The molecule has 0 radical (unpaired) electrons. The lowest BCUT2D eigenvalue weighted by Gasteiger charge is -2.34. The topological polar surface area (TPSA) is 32.3 Å². The number of rotatable bonds is 3. The lowest BCUT2D eigenvalue weighted by molar-refractivity contribution is -0.136. The van der Waals surface area contributed by atoms with Crippen LogP contribution in [0.25, 0.3) is 0 Å². The third-order valence-electron chi connectivity index (χ3n) is 2.45. The zero-order chi connectivity index (χ0) is 10.6. The summed E-state index contributed by atoms with van der Waals surface area (Å²) in [4.78, 5) is 14.0. The van der Waals surface area contributed by atoms with Gasteiger partial charge in [-0.1, -0.05) is 6.92 Å². The van der Waals surface area contributed by atoms with Gasteiger partial charge in [0.25, 0.3) is 0 Å². The van der Waals surface area contributed by atoms with Crippen molar-refractivity contribution >= 4 is 17.7 Å². The van der Waals surface area contributed by atoms with Crippen molar-refractivity contribution in [2.24, 2.45) is 0 Å². The highest BCUT2D eigenvalue weighted by Gasteiger charge is 2.31. The molecule has 1 rings (SSSR count). The van der Waals surface area contributed by atoms with Crippen molar-refractivity contribution in [2.45, 2.75) is 26.3 Å². The number of nitrogens with zero attached hydrogens (tertiary/aromatic N) is 1. The average molecular weight is 216 g/mol. The number of amides is 1. The van der Waals surface area contributed by atoms with Gasteiger partial charge in [-0.25, -0.2) is 0 Å². The monoisotopic (exact) mass is 216 g/mol. The van der Waals surface area contributed by atoms with E-state index >= 15 is 0 Å². The Morgan fingerprint density at radius 3 is 2.50 bits per heavy atom. The van der Waals surface area contributed by atoms with Crippen LogP contribution >= 0.6 is 11.8 Å². The fraction of sp³-hybridized carbons (Fsp3) is 0.900. The van der Waals surface area contributed by atoms with E-state index in [1.807, 2.05) is 37.4 Å². The number of nitrogens with one attached hydrogen (secondary N) is 1. The first-order valence-electron chi connectivity index (χ1n) is 5.20. The predicted octanol–water partition coefficient (Wildman–Crippen LogP) is 0.950. The van der Waals surface area contributed by atoms with E-state index in [1.54, 1.807) is 0 Å². The van der Waals surface area contributed by atoms with Crippen molar-refractivity contribution < 1.29 is 4.79 Å². The van der Waals surface area contributed by atoms with Crippen molar-refractivity contribution in [3.8, 4) is 0 Å². The molecule has 14 heavy (non-hydrogen) atoms. The fourth-order valence-electron chi connectivity index (χ4n) is 1.68. The number of hydrogen-bond donors (Lipinski definition) is 1. The lowest BCUT2D eigenvalue weighted by Crippen LogP contribution is -2.55. The van der Waals surface area contributed by atoms with Gasteiger partial charge in [-0.3, -0.25) is 4.79 Å². The highest BCUT2D eigenvalue weighted by Crippen LogP contribution is 2.14. The van der Waals surface area contributed by atoms with Gasteiger partial charge in [-0.2, -0.15) is 11.8 Å². The second-order valence-corrected chi connectivity index (χ2v) is 5.28. The molecule has 1 saturated heterocycles. The van der Waals surface area contributed by atoms with Crippen LogP contribution in [-0.2, 0) is 4.79 Å². The van der Waals surface area contributed by atoms with Crippen LogP contribution in [-0.4, -0.2) is 47.5 Å². The summed E-state index contributed by atoms with van der Waals surface area (Å²) in [6, 6.07) is 0. The van der Waals surface area contributed by atoms with Crippen LogP contribution in [0.5, 0.6) is 0 Å². The normalized spacial score (nSPS) is 18.4. The van der Waals surface area contributed by atoms with Crippen LogP contribution in [0, 0.1) is 0 Å². The van der Waals surface area contributed by atoms with Gasteiger partial charge in [0.15, 0.2) is 0 Å². The number of carbonyl (C=O) groups is 1. The third-order valence-corrected chi connectivity index (χ3v) is 3.39. The van der Waals surface area contributed by atoms with Crippen molar-refractivity contribution in [3.05, 3.63) is 0 Å². The number of likely N-dealkylation sites (N-methyl/N-ethyl adjacent to an activating group) is 1. The molecule has 0 aliphatic carbocycles. The summed E-state index contributed by atoms with van der Waals surface area (Å²) in [6.07, 6.45) is 0. The average Bonchev–Trinajstić information content (AvgIpc) is 2.18. The molecular weight excluding hydrogens is 196 g/mol. The van der Waals surface area contributed by atoms with Crippen LogP contribution in [0.15, 0.2) is 0 Å².